The van der Waals surface area contributed by atoms with Gasteiger partial charge in [0.1, 0.15) is 5.71 Å². The fourth-order valence-electron chi connectivity index (χ4n) is 2.63. The Kier molecular flexibility index (Phi) is 4.13. The molecule has 0 aliphatic heterocycles. The summed E-state index contributed by atoms with van der Waals surface area (Å²) in [5.74, 6) is 0.606. The average Bonchev–Trinajstić information content (AvgIpc) is 2.89. The highest BCUT2D eigenvalue weighted by atomic mass is 16.1. The van der Waals surface area contributed by atoms with Crippen LogP contribution in [0.1, 0.15) is 44.1 Å². The Balaban J connectivity index is 1.92. The number of nitrogens with one attached hydrogen (secondary N) is 1. The zero-order chi connectivity index (χ0) is 13.0. The number of rotatable bonds is 5. The summed E-state index contributed by atoms with van der Waals surface area (Å²) in [7, 11) is 0. The van der Waals surface area contributed by atoms with Crippen molar-refractivity contribution in [3.63, 3.8) is 0 Å². The number of ketones is 1. The zero-order valence-corrected chi connectivity index (χ0v) is 10.6. The second-order valence-electron chi connectivity index (χ2n) is 5.07. The SMILES string of the molecule is N=C(C(=O)CCC1CCCC1)c1ccccc1N. The number of nitrogen functional groups attached to an aromatic ring is 1. The third-order valence-corrected chi connectivity index (χ3v) is 3.76. The molecule has 0 spiro atoms. The molecule has 1 aliphatic rings. The van der Waals surface area contributed by atoms with Gasteiger partial charge in [-0.2, -0.15) is 0 Å². The molecule has 0 aromatic heterocycles. The van der Waals surface area contributed by atoms with Crippen LogP contribution < -0.4 is 5.73 Å². The first kappa shape index (κ1) is 12.8. The molecule has 1 aliphatic carbocycles. The van der Waals surface area contributed by atoms with E-state index in [-0.39, 0.29) is 11.5 Å². The van der Waals surface area contributed by atoms with Crippen LogP contribution >= 0.6 is 0 Å². The van der Waals surface area contributed by atoms with Gasteiger partial charge in [-0.3, -0.25) is 10.2 Å². The molecule has 18 heavy (non-hydrogen) atoms. The van der Waals surface area contributed by atoms with Gasteiger partial charge in [0.15, 0.2) is 5.78 Å². The molecule has 0 radical (unpaired) electrons. The number of anilines is 1. The molecular formula is C15H20N2O. The second kappa shape index (κ2) is 5.80. The van der Waals surface area contributed by atoms with Crippen LogP contribution in [0.4, 0.5) is 5.69 Å². The summed E-state index contributed by atoms with van der Waals surface area (Å²) in [6, 6.07) is 7.10. The lowest BCUT2D eigenvalue weighted by atomic mass is 9.96. The van der Waals surface area contributed by atoms with Gasteiger partial charge in [0.2, 0.25) is 0 Å². The quantitative estimate of drug-likeness (QED) is 0.617. The van der Waals surface area contributed by atoms with Crippen molar-refractivity contribution in [3.05, 3.63) is 29.8 Å². The van der Waals surface area contributed by atoms with Crippen LogP contribution in [0.5, 0.6) is 0 Å². The monoisotopic (exact) mass is 244 g/mol. The summed E-state index contributed by atoms with van der Waals surface area (Å²) in [6.45, 7) is 0. The minimum absolute atomic E-state index is 0.0612. The third-order valence-electron chi connectivity index (χ3n) is 3.76. The van der Waals surface area contributed by atoms with E-state index in [2.05, 4.69) is 0 Å². The van der Waals surface area contributed by atoms with Crippen LogP contribution in [-0.2, 0) is 4.79 Å². The summed E-state index contributed by atoms with van der Waals surface area (Å²) in [5.41, 5.74) is 6.92. The molecule has 0 atom stereocenters. The highest BCUT2D eigenvalue weighted by Gasteiger charge is 2.19. The van der Waals surface area contributed by atoms with Gasteiger partial charge in [0.25, 0.3) is 0 Å². The first-order valence-electron chi connectivity index (χ1n) is 6.65. The normalized spacial score (nSPS) is 15.8. The highest BCUT2D eigenvalue weighted by molar-refractivity contribution is 6.45. The number of hydrogen-bond acceptors (Lipinski definition) is 3. The topological polar surface area (TPSA) is 66.9 Å². The first-order valence-corrected chi connectivity index (χ1v) is 6.65. The highest BCUT2D eigenvalue weighted by Crippen LogP contribution is 2.28. The maximum atomic E-state index is 12.0. The smallest absolute Gasteiger partial charge is 0.181 e. The molecule has 1 aromatic rings. The van der Waals surface area contributed by atoms with E-state index in [0.717, 1.165) is 6.42 Å². The molecule has 96 valence electrons. The number of Topliss-reactive ketones (excluding diaryl/α,β-unsaturated/α-hetero) is 1. The van der Waals surface area contributed by atoms with E-state index in [9.17, 15) is 4.79 Å². The number of para-hydroxylation sites is 1. The van der Waals surface area contributed by atoms with Gasteiger partial charge in [-0.25, -0.2) is 0 Å². The standard InChI is InChI=1S/C15H20N2O/c16-13-8-4-3-7-12(13)15(17)14(18)10-9-11-5-1-2-6-11/h3-4,7-8,11,17H,1-2,5-6,9-10,16H2. The Labute approximate surface area is 108 Å². The van der Waals surface area contributed by atoms with Crippen molar-refractivity contribution in [2.75, 3.05) is 5.73 Å². The number of benzene rings is 1. The van der Waals surface area contributed by atoms with Crippen molar-refractivity contribution in [2.24, 2.45) is 5.92 Å². The zero-order valence-electron chi connectivity index (χ0n) is 10.6. The van der Waals surface area contributed by atoms with Gasteiger partial charge in [0, 0.05) is 17.7 Å². The summed E-state index contributed by atoms with van der Waals surface area (Å²) < 4.78 is 0. The molecular weight excluding hydrogens is 224 g/mol. The Morgan fingerprint density at radius 3 is 2.61 bits per heavy atom. The second-order valence-corrected chi connectivity index (χ2v) is 5.07. The molecule has 0 heterocycles. The molecule has 3 heteroatoms. The van der Waals surface area contributed by atoms with Crippen molar-refractivity contribution in [1.82, 2.24) is 0 Å². The molecule has 3 N–H and O–H groups in total. The molecule has 1 saturated carbocycles. The molecule has 1 aromatic carbocycles. The van der Waals surface area contributed by atoms with E-state index in [1.165, 1.54) is 25.7 Å². The fourth-order valence-corrected chi connectivity index (χ4v) is 2.63. The van der Waals surface area contributed by atoms with Gasteiger partial charge in [-0.05, 0) is 18.4 Å². The molecule has 0 saturated heterocycles. The number of hydrogen-bond donors (Lipinski definition) is 2. The van der Waals surface area contributed by atoms with Crippen molar-refractivity contribution in [1.29, 1.82) is 5.41 Å². The Hall–Kier alpha value is -1.64. The van der Waals surface area contributed by atoms with Crippen molar-refractivity contribution >= 4 is 17.2 Å². The van der Waals surface area contributed by atoms with Crippen LogP contribution in [0, 0.1) is 11.3 Å². The molecule has 0 bridgehead atoms. The van der Waals surface area contributed by atoms with Crippen LogP contribution in [0.15, 0.2) is 24.3 Å². The van der Waals surface area contributed by atoms with E-state index < -0.39 is 0 Å². The van der Waals surface area contributed by atoms with Crippen LogP contribution in [-0.4, -0.2) is 11.5 Å². The maximum absolute atomic E-state index is 12.0. The largest absolute Gasteiger partial charge is 0.398 e. The number of nitrogens with two attached hydrogens (primary N) is 1. The van der Waals surface area contributed by atoms with E-state index >= 15 is 0 Å². The van der Waals surface area contributed by atoms with Gasteiger partial charge in [0.05, 0.1) is 0 Å². The van der Waals surface area contributed by atoms with Gasteiger partial charge in [-0.1, -0.05) is 43.9 Å². The third kappa shape index (κ3) is 2.97. The van der Waals surface area contributed by atoms with Gasteiger partial charge < -0.3 is 5.73 Å². The van der Waals surface area contributed by atoms with E-state index in [1.54, 1.807) is 12.1 Å². The van der Waals surface area contributed by atoms with Gasteiger partial charge in [-0.15, -0.1) is 0 Å². The minimum atomic E-state index is -0.0835. The predicted octanol–water partition coefficient (Wildman–Crippen LogP) is 3.18. The lowest BCUT2D eigenvalue weighted by Crippen LogP contribution is -2.16. The molecule has 1 fully saturated rings. The molecule has 0 unspecified atom stereocenters. The minimum Gasteiger partial charge on any atom is -0.398 e. The van der Waals surface area contributed by atoms with Crippen molar-refractivity contribution < 1.29 is 4.79 Å². The lowest BCUT2D eigenvalue weighted by Gasteiger charge is -2.09. The molecule has 0 amide bonds. The van der Waals surface area contributed by atoms with Crippen LogP contribution in [0.25, 0.3) is 0 Å². The predicted molar refractivity (Wildman–Crippen MR) is 73.9 cm³/mol. The van der Waals surface area contributed by atoms with Crippen LogP contribution in [0.3, 0.4) is 0 Å². The molecule has 2 rings (SSSR count). The summed E-state index contributed by atoms with van der Waals surface area (Å²) in [5, 5.41) is 7.92. The number of carbonyl (C=O) groups excluding carboxylic acids is 1. The number of carbonyl (C=O) groups is 1. The summed E-state index contributed by atoms with van der Waals surface area (Å²) >= 11 is 0. The van der Waals surface area contributed by atoms with E-state index in [4.69, 9.17) is 11.1 Å². The van der Waals surface area contributed by atoms with Gasteiger partial charge >= 0.3 is 0 Å². The van der Waals surface area contributed by atoms with E-state index in [0.29, 0.717) is 23.6 Å². The van der Waals surface area contributed by atoms with Crippen molar-refractivity contribution in [2.45, 2.75) is 38.5 Å². The summed E-state index contributed by atoms with van der Waals surface area (Å²) in [4.78, 5) is 12.0. The van der Waals surface area contributed by atoms with E-state index in [1.807, 2.05) is 12.1 Å². The maximum Gasteiger partial charge on any atom is 0.181 e. The molecule has 3 nitrogen and oxygen atoms in total. The van der Waals surface area contributed by atoms with Crippen LogP contribution in [0.2, 0.25) is 0 Å². The Morgan fingerprint density at radius 1 is 1.28 bits per heavy atom. The fraction of sp³-hybridized carbons (Fsp3) is 0.467. The Bertz CT molecular complexity index is 448. The average molecular weight is 244 g/mol. The first-order chi connectivity index (χ1) is 8.68. The van der Waals surface area contributed by atoms with Crippen molar-refractivity contribution in [3.8, 4) is 0 Å². The lowest BCUT2D eigenvalue weighted by molar-refractivity contribution is -0.113. The Morgan fingerprint density at radius 2 is 1.94 bits per heavy atom. The summed E-state index contributed by atoms with van der Waals surface area (Å²) in [6.07, 6.45) is 6.48.